The number of nitrogens with zero attached hydrogens (tertiary/aromatic N) is 1. The van der Waals surface area contributed by atoms with Crippen LogP contribution in [0.2, 0.25) is 5.15 Å². The maximum absolute atomic E-state index is 5.77. The van der Waals surface area contributed by atoms with E-state index in [1.807, 2.05) is 19.9 Å². The van der Waals surface area contributed by atoms with E-state index in [4.69, 9.17) is 11.6 Å². The molecular weight excluding hydrogens is 182 g/mol. The number of fused-ring (bicyclic) bond motifs is 1. The first kappa shape index (κ1) is 10.5. The van der Waals surface area contributed by atoms with E-state index in [0.717, 1.165) is 6.42 Å². The molecule has 13 heavy (non-hydrogen) atoms. The van der Waals surface area contributed by atoms with Gasteiger partial charge in [0.1, 0.15) is 5.15 Å². The molecule has 0 fully saturated rings. The van der Waals surface area contributed by atoms with E-state index in [-0.39, 0.29) is 0 Å². The van der Waals surface area contributed by atoms with Crippen LogP contribution in [0.25, 0.3) is 0 Å². The molecule has 1 aliphatic carbocycles. The highest BCUT2D eigenvalue weighted by Crippen LogP contribution is 2.20. The Kier molecular flexibility index (Phi) is 4.23. The summed E-state index contributed by atoms with van der Waals surface area (Å²) in [7, 11) is 0. The molecule has 0 unspecified atom stereocenters. The number of halogens is 1. The first-order chi connectivity index (χ1) is 6.36. The second-order valence-corrected chi connectivity index (χ2v) is 3.33. The summed E-state index contributed by atoms with van der Waals surface area (Å²) < 4.78 is 0. The average Bonchev–Trinajstić information content (AvgIpc) is 2.21. The number of hydrogen-bond acceptors (Lipinski definition) is 1. The summed E-state index contributed by atoms with van der Waals surface area (Å²) in [6.07, 6.45) is 4.85. The number of hydrogen-bond donors (Lipinski definition) is 0. The van der Waals surface area contributed by atoms with Gasteiger partial charge in [-0.05, 0) is 37.3 Å². The summed E-state index contributed by atoms with van der Waals surface area (Å²) in [5.74, 6) is 0. The van der Waals surface area contributed by atoms with E-state index in [9.17, 15) is 0 Å². The third kappa shape index (κ3) is 2.70. The molecule has 0 saturated heterocycles. The normalized spacial score (nSPS) is 14.1. The molecule has 0 aliphatic heterocycles. The van der Waals surface area contributed by atoms with Gasteiger partial charge in [0.2, 0.25) is 0 Å². The molecule has 0 amide bonds. The molecule has 0 bridgehead atoms. The minimum Gasteiger partial charge on any atom is -0.241 e. The zero-order valence-electron chi connectivity index (χ0n) is 8.31. The molecule has 0 aromatic carbocycles. The molecule has 2 rings (SSSR count). The molecule has 2 heteroatoms. The Bertz CT molecular complexity index is 271. The van der Waals surface area contributed by atoms with E-state index >= 15 is 0 Å². The van der Waals surface area contributed by atoms with Gasteiger partial charge in [-0.25, -0.2) is 4.98 Å². The van der Waals surface area contributed by atoms with Crippen LogP contribution in [-0.2, 0) is 12.8 Å². The molecular formula is C11H16ClN. The van der Waals surface area contributed by atoms with Crippen LogP contribution in [0.1, 0.15) is 37.9 Å². The molecule has 1 aliphatic rings. The highest BCUT2D eigenvalue weighted by atomic mass is 35.5. The molecule has 72 valence electrons. The van der Waals surface area contributed by atoms with Crippen molar-refractivity contribution in [1.29, 1.82) is 0 Å². The summed E-state index contributed by atoms with van der Waals surface area (Å²) in [6, 6.07) is 3.98. The Hall–Kier alpha value is -0.560. The maximum Gasteiger partial charge on any atom is 0.129 e. The van der Waals surface area contributed by atoms with Crippen molar-refractivity contribution >= 4 is 11.6 Å². The van der Waals surface area contributed by atoms with Gasteiger partial charge in [0, 0.05) is 5.69 Å². The van der Waals surface area contributed by atoms with Crippen molar-refractivity contribution in [2.75, 3.05) is 0 Å². The smallest absolute Gasteiger partial charge is 0.129 e. The van der Waals surface area contributed by atoms with Crippen molar-refractivity contribution in [1.82, 2.24) is 4.98 Å². The summed E-state index contributed by atoms with van der Waals surface area (Å²) >= 11 is 5.77. The molecule has 1 aromatic rings. The van der Waals surface area contributed by atoms with Crippen molar-refractivity contribution in [2.24, 2.45) is 0 Å². The van der Waals surface area contributed by atoms with Gasteiger partial charge >= 0.3 is 0 Å². The Labute approximate surface area is 85.1 Å². The predicted molar refractivity (Wildman–Crippen MR) is 57.2 cm³/mol. The Balaban J connectivity index is 0.000000396. The first-order valence-corrected chi connectivity index (χ1v) is 5.38. The third-order valence-electron chi connectivity index (χ3n) is 2.14. The van der Waals surface area contributed by atoms with E-state index < -0.39 is 0 Å². The van der Waals surface area contributed by atoms with E-state index in [2.05, 4.69) is 11.1 Å². The fourth-order valence-electron chi connectivity index (χ4n) is 1.56. The number of aromatic nitrogens is 1. The van der Waals surface area contributed by atoms with Gasteiger partial charge in [0.05, 0.1) is 0 Å². The average molecular weight is 198 g/mol. The van der Waals surface area contributed by atoms with E-state index in [1.165, 1.54) is 30.5 Å². The molecule has 0 radical (unpaired) electrons. The van der Waals surface area contributed by atoms with Gasteiger partial charge in [-0.3, -0.25) is 0 Å². The first-order valence-electron chi connectivity index (χ1n) is 5.00. The minimum absolute atomic E-state index is 0.630. The van der Waals surface area contributed by atoms with Gasteiger partial charge in [-0.1, -0.05) is 31.5 Å². The Morgan fingerprint density at radius 1 is 1.15 bits per heavy atom. The Morgan fingerprint density at radius 3 is 2.62 bits per heavy atom. The zero-order chi connectivity index (χ0) is 9.68. The molecule has 0 atom stereocenters. The largest absolute Gasteiger partial charge is 0.241 e. The van der Waals surface area contributed by atoms with Crippen LogP contribution >= 0.6 is 11.6 Å². The zero-order valence-corrected chi connectivity index (χ0v) is 9.06. The van der Waals surface area contributed by atoms with Crippen molar-refractivity contribution in [3.63, 3.8) is 0 Å². The molecule has 1 nitrogen and oxygen atoms in total. The van der Waals surface area contributed by atoms with Crippen molar-refractivity contribution in [3.05, 3.63) is 28.5 Å². The second kappa shape index (κ2) is 5.23. The van der Waals surface area contributed by atoms with Gasteiger partial charge in [0.25, 0.3) is 0 Å². The molecule has 1 heterocycles. The molecule has 0 spiro atoms. The lowest BCUT2D eigenvalue weighted by molar-refractivity contribution is 0.668. The monoisotopic (exact) mass is 197 g/mol. The lowest BCUT2D eigenvalue weighted by Gasteiger charge is -2.13. The van der Waals surface area contributed by atoms with Crippen molar-refractivity contribution < 1.29 is 0 Å². The van der Waals surface area contributed by atoms with Gasteiger partial charge in [-0.15, -0.1) is 0 Å². The predicted octanol–water partition coefficient (Wildman–Crippen LogP) is 3.64. The summed E-state index contributed by atoms with van der Waals surface area (Å²) in [5, 5.41) is 0.630. The fraction of sp³-hybridized carbons (Fsp3) is 0.545. The summed E-state index contributed by atoms with van der Waals surface area (Å²) in [6.45, 7) is 4.00. The van der Waals surface area contributed by atoms with Gasteiger partial charge in [-0.2, -0.15) is 0 Å². The maximum atomic E-state index is 5.77. The van der Waals surface area contributed by atoms with Crippen LogP contribution in [0.15, 0.2) is 12.1 Å². The fourth-order valence-corrected chi connectivity index (χ4v) is 1.72. The van der Waals surface area contributed by atoms with Gasteiger partial charge < -0.3 is 0 Å². The highest BCUT2D eigenvalue weighted by molar-refractivity contribution is 6.29. The van der Waals surface area contributed by atoms with Crippen LogP contribution in [0.4, 0.5) is 0 Å². The van der Waals surface area contributed by atoms with Crippen molar-refractivity contribution in [3.8, 4) is 0 Å². The number of pyridine rings is 1. The van der Waals surface area contributed by atoms with Crippen LogP contribution in [0.5, 0.6) is 0 Å². The second-order valence-electron chi connectivity index (χ2n) is 2.95. The lowest BCUT2D eigenvalue weighted by Crippen LogP contribution is -2.04. The lowest BCUT2D eigenvalue weighted by atomic mass is 9.96. The summed E-state index contributed by atoms with van der Waals surface area (Å²) in [4.78, 5) is 4.28. The Morgan fingerprint density at radius 2 is 1.85 bits per heavy atom. The topological polar surface area (TPSA) is 12.9 Å². The van der Waals surface area contributed by atoms with E-state index in [1.54, 1.807) is 0 Å². The highest BCUT2D eigenvalue weighted by Gasteiger charge is 2.09. The minimum atomic E-state index is 0.630. The van der Waals surface area contributed by atoms with Crippen LogP contribution < -0.4 is 0 Å². The molecule has 0 saturated carbocycles. The van der Waals surface area contributed by atoms with Crippen molar-refractivity contribution in [2.45, 2.75) is 39.5 Å². The third-order valence-corrected chi connectivity index (χ3v) is 2.35. The SMILES string of the molecule is CC.Clc1ccc2c(n1)CCCC2. The quantitative estimate of drug-likeness (QED) is 0.579. The molecule has 1 aromatic heterocycles. The van der Waals surface area contributed by atoms with Crippen LogP contribution in [0, 0.1) is 0 Å². The number of rotatable bonds is 0. The van der Waals surface area contributed by atoms with Crippen LogP contribution in [-0.4, -0.2) is 4.98 Å². The summed E-state index contributed by atoms with van der Waals surface area (Å²) in [5.41, 5.74) is 2.60. The van der Waals surface area contributed by atoms with E-state index in [0.29, 0.717) is 5.15 Å². The van der Waals surface area contributed by atoms with Crippen LogP contribution in [0.3, 0.4) is 0 Å². The standard InChI is InChI=1S/C9H10ClN.C2H6/c10-9-6-5-7-3-1-2-4-8(7)11-9;1-2/h5-6H,1-4H2;1-2H3. The number of aryl methyl sites for hydroxylation is 2. The molecule has 0 N–H and O–H groups in total. The van der Waals surface area contributed by atoms with Gasteiger partial charge in [0.15, 0.2) is 0 Å².